The van der Waals surface area contributed by atoms with Crippen molar-refractivity contribution in [3.63, 3.8) is 0 Å². The Morgan fingerprint density at radius 1 is 0.200 bits per heavy atom. The molecule has 0 N–H and O–H groups in total. The molecule has 0 aliphatic carbocycles. The van der Waals surface area contributed by atoms with Gasteiger partial charge in [-0.05, 0) is 118 Å². The van der Waals surface area contributed by atoms with Crippen molar-refractivity contribution in [1.29, 1.82) is 0 Å². The summed E-state index contributed by atoms with van der Waals surface area (Å²) in [5.41, 5.74) is 14.0. The summed E-state index contributed by atoms with van der Waals surface area (Å²) >= 11 is 1.82. The summed E-state index contributed by atoms with van der Waals surface area (Å²) in [7, 11) is 0. The van der Waals surface area contributed by atoms with E-state index in [9.17, 15) is 0 Å². The number of hydrogen-bond donors (Lipinski definition) is 0. The molecule has 3 heteroatoms. The van der Waals surface area contributed by atoms with Crippen molar-refractivity contribution in [1.82, 2.24) is 0 Å². The summed E-state index contributed by atoms with van der Waals surface area (Å²) in [6.45, 7) is 0. The second-order valence-electron chi connectivity index (χ2n) is 13.4. The second-order valence-corrected chi connectivity index (χ2v) is 14.5. The molecule has 9 aromatic rings. The molecular formula is C52H38N2S. The topological polar surface area (TPSA) is 6.48 Å². The highest BCUT2D eigenvalue weighted by atomic mass is 32.1. The molecule has 262 valence electrons. The minimum absolute atomic E-state index is 1.12. The first kappa shape index (κ1) is 33.9. The van der Waals surface area contributed by atoms with E-state index < -0.39 is 0 Å². The Balaban J connectivity index is 0.962. The normalized spacial score (nSPS) is 10.9. The largest absolute Gasteiger partial charge is 0.311 e. The van der Waals surface area contributed by atoms with Crippen molar-refractivity contribution in [3.8, 4) is 43.1 Å². The number of thiophene rings is 1. The minimum atomic E-state index is 1.12. The molecule has 9 rings (SSSR count). The smallest absolute Gasteiger partial charge is 0.0462 e. The number of nitrogens with zero attached hydrogens (tertiary/aromatic N) is 2. The van der Waals surface area contributed by atoms with Gasteiger partial charge in [0.1, 0.15) is 0 Å². The number of benzene rings is 8. The minimum Gasteiger partial charge on any atom is -0.311 e. The van der Waals surface area contributed by atoms with Crippen LogP contribution in [-0.2, 0) is 0 Å². The maximum absolute atomic E-state index is 2.32. The van der Waals surface area contributed by atoms with E-state index in [1.807, 2.05) is 11.3 Å². The van der Waals surface area contributed by atoms with Crippen molar-refractivity contribution < 1.29 is 0 Å². The van der Waals surface area contributed by atoms with Gasteiger partial charge in [0.15, 0.2) is 0 Å². The van der Waals surface area contributed by atoms with Gasteiger partial charge in [-0.2, -0.15) is 0 Å². The van der Waals surface area contributed by atoms with Gasteiger partial charge in [-0.15, -0.1) is 11.3 Å². The second kappa shape index (κ2) is 15.6. The lowest BCUT2D eigenvalue weighted by Crippen LogP contribution is -2.09. The Bertz CT molecular complexity index is 2400. The fourth-order valence-corrected chi connectivity index (χ4v) is 8.13. The lowest BCUT2D eigenvalue weighted by molar-refractivity contribution is 1.28. The van der Waals surface area contributed by atoms with Crippen molar-refractivity contribution in [2.24, 2.45) is 0 Å². The monoisotopic (exact) mass is 722 g/mol. The van der Waals surface area contributed by atoms with Gasteiger partial charge in [-0.1, -0.05) is 146 Å². The summed E-state index contributed by atoms with van der Waals surface area (Å²) in [6.07, 6.45) is 0. The summed E-state index contributed by atoms with van der Waals surface area (Å²) < 4.78 is 0. The molecule has 55 heavy (non-hydrogen) atoms. The number of anilines is 6. The molecule has 0 amide bonds. The third-order valence-corrected chi connectivity index (χ3v) is 11.1. The first-order valence-electron chi connectivity index (χ1n) is 18.6. The van der Waals surface area contributed by atoms with Crippen LogP contribution < -0.4 is 9.80 Å². The molecular weight excluding hydrogens is 685 g/mol. The van der Waals surface area contributed by atoms with Gasteiger partial charge >= 0.3 is 0 Å². The Kier molecular flexibility index (Phi) is 9.59. The molecule has 0 unspecified atom stereocenters. The molecule has 1 aromatic heterocycles. The molecule has 0 saturated carbocycles. The average molecular weight is 723 g/mol. The van der Waals surface area contributed by atoms with Gasteiger partial charge in [0.2, 0.25) is 0 Å². The number of para-hydroxylation sites is 2. The quantitative estimate of drug-likeness (QED) is 0.139. The van der Waals surface area contributed by atoms with Crippen LogP contribution in [0.1, 0.15) is 0 Å². The molecule has 0 atom stereocenters. The summed E-state index contributed by atoms with van der Waals surface area (Å²) in [5, 5.41) is 0. The van der Waals surface area contributed by atoms with Gasteiger partial charge in [-0.25, -0.2) is 0 Å². The molecule has 0 radical (unpaired) electrons. The van der Waals surface area contributed by atoms with E-state index in [1.165, 1.54) is 43.1 Å². The third kappa shape index (κ3) is 7.34. The van der Waals surface area contributed by atoms with E-state index in [2.05, 4.69) is 240 Å². The third-order valence-electron chi connectivity index (χ3n) is 9.92. The Hall–Kier alpha value is -6.94. The lowest BCUT2D eigenvalue weighted by Gasteiger charge is -2.26. The van der Waals surface area contributed by atoms with Crippen molar-refractivity contribution in [2.75, 3.05) is 9.80 Å². The predicted octanol–water partition coefficient (Wildman–Crippen LogP) is 15.4. The predicted molar refractivity (Wildman–Crippen MR) is 235 cm³/mol. The molecule has 0 spiro atoms. The van der Waals surface area contributed by atoms with Gasteiger partial charge < -0.3 is 9.80 Å². The maximum atomic E-state index is 2.32. The van der Waals surface area contributed by atoms with Crippen LogP contribution in [-0.4, -0.2) is 0 Å². The fraction of sp³-hybridized carbons (Fsp3) is 0. The molecule has 0 saturated heterocycles. The summed E-state index contributed by atoms with van der Waals surface area (Å²) in [4.78, 5) is 7.12. The van der Waals surface area contributed by atoms with E-state index in [0.717, 1.165) is 34.1 Å². The van der Waals surface area contributed by atoms with E-state index >= 15 is 0 Å². The zero-order valence-electron chi connectivity index (χ0n) is 30.2. The van der Waals surface area contributed by atoms with Gasteiger partial charge in [-0.3, -0.25) is 0 Å². The Morgan fingerprint density at radius 3 is 0.745 bits per heavy atom. The highest BCUT2D eigenvalue weighted by Crippen LogP contribution is 2.41. The summed E-state index contributed by atoms with van der Waals surface area (Å²) in [6, 6.07) is 82.2. The van der Waals surface area contributed by atoms with Crippen LogP contribution in [0.15, 0.2) is 231 Å². The first-order chi connectivity index (χ1) is 27.3. The molecule has 0 aliphatic rings. The van der Waals surface area contributed by atoms with E-state index in [0.29, 0.717) is 0 Å². The Morgan fingerprint density at radius 2 is 0.436 bits per heavy atom. The zero-order valence-corrected chi connectivity index (χ0v) is 31.1. The Labute approximate surface area is 327 Å². The first-order valence-corrected chi connectivity index (χ1v) is 19.4. The lowest BCUT2D eigenvalue weighted by atomic mass is 10.0. The summed E-state index contributed by atoms with van der Waals surface area (Å²) in [5.74, 6) is 0. The van der Waals surface area contributed by atoms with Crippen LogP contribution in [0.4, 0.5) is 34.1 Å². The van der Waals surface area contributed by atoms with E-state index in [1.54, 1.807) is 0 Å². The van der Waals surface area contributed by atoms with Crippen molar-refractivity contribution in [2.45, 2.75) is 0 Å². The van der Waals surface area contributed by atoms with Crippen LogP contribution in [0, 0.1) is 0 Å². The molecule has 2 nitrogen and oxygen atoms in total. The number of hydrogen-bond acceptors (Lipinski definition) is 3. The highest BCUT2D eigenvalue weighted by Gasteiger charge is 2.15. The standard InChI is InChI=1S/C52H38N2S/c1-5-13-39(14-6-1)41-21-29-47(30-22-41)53(45-17-9-3-10-18-45)49-33-25-43(26-34-49)51-37-38-52(55-51)44-27-35-50(36-28-44)54(46-19-11-4-12-20-46)48-31-23-42(24-32-48)40-15-7-2-8-16-40/h1-38H. The van der Waals surface area contributed by atoms with E-state index in [-0.39, 0.29) is 0 Å². The zero-order chi connectivity index (χ0) is 36.8. The molecule has 1 heterocycles. The van der Waals surface area contributed by atoms with Gasteiger partial charge in [0.25, 0.3) is 0 Å². The van der Waals surface area contributed by atoms with Crippen LogP contribution in [0.2, 0.25) is 0 Å². The van der Waals surface area contributed by atoms with Crippen molar-refractivity contribution in [3.05, 3.63) is 231 Å². The van der Waals surface area contributed by atoms with Crippen molar-refractivity contribution >= 4 is 45.5 Å². The maximum Gasteiger partial charge on any atom is 0.0462 e. The SMILES string of the molecule is c1ccc(-c2ccc(N(c3ccccc3)c3ccc(-c4ccc(-c5ccc(N(c6ccccc6)c6ccc(-c7ccccc7)cc6)cc5)s4)cc3)cc2)cc1. The van der Waals surface area contributed by atoms with Crippen LogP contribution in [0.3, 0.4) is 0 Å². The number of rotatable bonds is 10. The van der Waals surface area contributed by atoms with E-state index in [4.69, 9.17) is 0 Å². The molecule has 0 bridgehead atoms. The van der Waals surface area contributed by atoms with Crippen LogP contribution in [0.25, 0.3) is 43.1 Å². The average Bonchev–Trinajstić information content (AvgIpc) is 3.77. The molecule has 0 fully saturated rings. The fourth-order valence-electron chi connectivity index (χ4n) is 7.11. The molecule has 0 aliphatic heterocycles. The van der Waals surface area contributed by atoms with Crippen LogP contribution in [0.5, 0.6) is 0 Å². The van der Waals surface area contributed by atoms with Crippen LogP contribution >= 0.6 is 11.3 Å². The molecule has 8 aromatic carbocycles. The van der Waals surface area contributed by atoms with Gasteiger partial charge in [0.05, 0.1) is 0 Å². The van der Waals surface area contributed by atoms with Gasteiger partial charge in [0, 0.05) is 43.9 Å². The highest BCUT2D eigenvalue weighted by molar-refractivity contribution is 7.18.